The Labute approximate surface area is 204 Å². The van der Waals surface area contributed by atoms with Gasteiger partial charge in [0.05, 0.1) is 39.2 Å². The number of phenols is 1. The first kappa shape index (κ1) is 22.4. The van der Waals surface area contributed by atoms with E-state index in [-0.39, 0.29) is 18.2 Å². The van der Waals surface area contributed by atoms with Gasteiger partial charge in [-0.2, -0.15) is 0 Å². The van der Waals surface area contributed by atoms with Crippen LogP contribution >= 0.6 is 11.3 Å². The maximum absolute atomic E-state index is 12.9. The zero-order valence-electron chi connectivity index (χ0n) is 19.0. The molecule has 0 bridgehead atoms. The smallest absolute Gasteiger partial charge is 0.269 e. The second kappa shape index (κ2) is 9.47. The minimum Gasteiger partial charge on any atom is -0.504 e. The van der Waals surface area contributed by atoms with Crippen LogP contribution < -0.4 is 14.8 Å². The SMILES string of the molecule is COc1ccc(-c2cn3c(C(=O)NCc4cn(Cc5ccc(OC)c(O)c5)nn4)csc3n2)cc1. The molecular formula is C24H22N6O4S. The van der Waals surface area contributed by atoms with Crippen molar-refractivity contribution in [2.24, 2.45) is 0 Å². The maximum Gasteiger partial charge on any atom is 0.269 e. The predicted octanol–water partition coefficient (Wildman–Crippen LogP) is 3.36. The zero-order valence-corrected chi connectivity index (χ0v) is 19.8. The molecular weight excluding hydrogens is 468 g/mol. The van der Waals surface area contributed by atoms with Crippen molar-refractivity contribution < 1.29 is 19.4 Å². The molecule has 3 aromatic heterocycles. The van der Waals surface area contributed by atoms with Gasteiger partial charge in [0, 0.05) is 17.1 Å². The van der Waals surface area contributed by atoms with Gasteiger partial charge >= 0.3 is 0 Å². The van der Waals surface area contributed by atoms with Crippen molar-refractivity contribution in [1.29, 1.82) is 0 Å². The molecule has 0 fully saturated rings. The van der Waals surface area contributed by atoms with Crippen molar-refractivity contribution in [2.75, 3.05) is 14.2 Å². The first-order valence-corrected chi connectivity index (χ1v) is 11.6. The van der Waals surface area contributed by atoms with Crippen LogP contribution in [0.5, 0.6) is 17.2 Å². The number of hydrogen-bond acceptors (Lipinski definition) is 8. The Balaban J connectivity index is 1.24. The lowest BCUT2D eigenvalue weighted by molar-refractivity contribution is 0.0945. The lowest BCUT2D eigenvalue weighted by Gasteiger charge is -2.06. The summed E-state index contributed by atoms with van der Waals surface area (Å²) in [7, 11) is 3.13. The largest absolute Gasteiger partial charge is 0.504 e. The Morgan fingerprint density at radius 1 is 1.11 bits per heavy atom. The molecule has 0 unspecified atom stereocenters. The van der Waals surface area contributed by atoms with Crippen LogP contribution in [0.25, 0.3) is 16.2 Å². The number of hydrogen-bond donors (Lipinski definition) is 2. The second-order valence-electron chi connectivity index (χ2n) is 7.72. The van der Waals surface area contributed by atoms with Crippen LogP contribution in [-0.4, -0.2) is 49.6 Å². The Morgan fingerprint density at radius 2 is 1.94 bits per heavy atom. The predicted molar refractivity (Wildman–Crippen MR) is 130 cm³/mol. The van der Waals surface area contributed by atoms with Crippen LogP contribution in [-0.2, 0) is 13.1 Å². The van der Waals surface area contributed by atoms with E-state index in [2.05, 4.69) is 20.6 Å². The Kier molecular flexibility index (Phi) is 6.06. The Morgan fingerprint density at radius 3 is 2.69 bits per heavy atom. The molecule has 5 aromatic rings. The van der Waals surface area contributed by atoms with Crippen molar-refractivity contribution in [3.63, 3.8) is 0 Å². The van der Waals surface area contributed by atoms with Gasteiger partial charge in [-0.1, -0.05) is 11.3 Å². The van der Waals surface area contributed by atoms with E-state index in [0.29, 0.717) is 23.7 Å². The standard InChI is InChI=1S/C24H22N6O4S/c1-33-18-6-4-16(5-7-18)19-13-30-20(14-35-24(30)26-19)23(32)25-10-17-12-29(28-27-17)11-15-3-8-22(34-2)21(31)9-15/h3-9,12-14,31H,10-11H2,1-2H3,(H,25,32). The van der Waals surface area contributed by atoms with Gasteiger partial charge in [0.25, 0.3) is 5.91 Å². The number of nitrogens with one attached hydrogen (secondary N) is 1. The van der Waals surface area contributed by atoms with E-state index in [0.717, 1.165) is 27.5 Å². The van der Waals surface area contributed by atoms with E-state index in [1.54, 1.807) is 39.9 Å². The third-order valence-electron chi connectivity index (χ3n) is 5.43. The van der Waals surface area contributed by atoms with Crippen molar-refractivity contribution in [1.82, 2.24) is 29.7 Å². The van der Waals surface area contributed by atoms with E-state index in [4.69, 9.17) is 9.47 Å². The second-order valence-corrected chi connectivity index (χ2v) is 8.56. The van der Waals surface area contributed by atoms with Crippen LogP contribution in [0.15, 0.2) is 60.2 Å². The summed E-state index contributed by atoms with van der Waals surface area (Å²) < 4.78 is 13.7. The number of aromatic hydroxyl groups is 1. The summed E-state index contributed by atoms with van der Waals surface area (Å²) in [6.07, 6.45) is 3.60. The van der Waals surface area contributed by atoms with Crippen LogP contribution in [0.2, 0.25) is 0 Å². The summed E-state index contributed by atoms with van der Waals surface area (Å²) in [5.41, 5.74) is 3.68. The zero-order chi connectivity index (χ0) is 24.4. The molecule has 11 heteroatoms. The number of methoxy groups -OCH3 is 2. The van der Waals surface area contributed by atoms with Crippen LogP contribution in [0, 0.1) is 0 Å². The number of nitrogens with zero attached hydrogens (tertiary/aromatic N) is 5. The third kappa shape index (κ3) is 4.66. The molecule has 0 spiro atoms. The van der Waals surface area contributed by atoms with Gasteiger partial charge in [0.2, 0.25) is 0 Å². The van der Waals surface area contributed by atoms with Gasteiger partial charge in [0.1, 0.15) is 17.1 Å². The number of rotatable bonds is 8. The summed E-state index contributed by atoms with van der Waals surface area (Å²) in [6, 6.07) is 12.8. The highest BCUT2D eigenvalue weighted by atomic mass is 32.1. The van der Waals surface area contributed by atoms with Gasteiger partial charge in [-0.25, -0.2) is 9.67 Å². The van der Waals surface area contributed by atoms with Gasteiger partial charge in [-0.05, 0) is 42.0 Å². The highest BCUT2D eigenvalue weighted by molar-refractivity contribution is 7.15. The molecule has 35 heavy (non-hydrogen) atoms. The number of thiazole rings is 1. The fraction of sp³-hybridized carbons (Fsp3) is 0.167. The first-order valence-electron chi connectivity index (χ1n) is 10.7. The van der Waals surface area contributed by atoms with Crippen LogP contribution in [0.3, 0.4) is 0 Å². The van der Waals surface area contributed by atoms with Crippen molar-refractivity contribution in [2.45, 2.75) is 13.1 Å². The fourth-order valence-corrected chi connectivity index (χ4v) is 4.48. The molecule has 0 aliphatic carbocycles. The average Bonchev–Trinajstić information content (AvgIpc) is 3.59. The van der Waals surface area contributed by atoms with E-state index in [1.807, 2.05) is 36.5 Å². The number of aromatic nitrogens is 5. The summed E-state index contributed by atoms with van der Waals surface area (Å²) in [5.74, 6) is 1.01. The topological polar surface area (TPSA) is 116 Å². The summed E-state index contributed by atoms with van der Waals surface area (Å²) in [5, 5.41) is 22.8. The molecule has 0 saturated carbocycles. The molecule has 0 saturated heterocycles. The third-order valence-corrected chi connectivity index (χ3v) is 6.27. The highest BCUT2D eigenvalue weighted by Gasteiger charge is 2.16. The molecule has 0 aliphatic rings. The minimum atomic E-state index is -0.232. The summed E-state index contributed by atoms with van der Waals surface area (Å²) in [6.45, 7) is 0.650. The minimum absolute atomic E-state index is 0.0642. The molecule has 0 aliphatic heterocycles. The Bertz CT molecular complexity index is 1490. The number of carbonyl (C=O) groups is 1. The van der Waals surface area contributed by atoms with E-state index < -0.39 is 0 Å². The number of benzene rings is 2. The lowest BCUT2D eigenvalue weighted by atomic mass is 10.2. The van der Waals surface area contributed by atoms with Gasteiger partial charge in [-0.3, -0.25) is 9.20 Å². The average molecular weight is 491 g/mol. The number of carbonyl (C=O) groups excluding carboxylic acids is 1. The number of imidazole rings is 1. The fourth-order valence-electron chi connectivity index (χ4n) is 3.63. The van der Waals surface area contributed by atoms with Crippen molar-refractivity contribution in [3.8, 4) is 28.5 Å². The van der Waals surface area contributed by atoms with Crippen LogP contribution in [0.4, 0.5) is 0 Å². The summed E-state index contributed by atoms with van der Waals surface area (Å²) in [4.78, 5) is 18.2. The molecule has 10 nitrogen and oxygen atoms in total. The number of fused-ring (bicyclic) bond motifs is 1. The molecule has 1 amide bonds. The van der Waals surface area contributed by atoms with E-state index in [1.165, 1.54) is 18.4 Å². The molecule has 178 valence electrons. The maximum atomic E-state index is 12.9. The monoisotopic (exact) mass is 490 g/mol. The van der Waals surface area contributed by atoms with Gasteiger partial charge in [-0.15, -0.1) is 16.4 Å². The molecule has 5 rings (SSSR count). The highest BCUT2D eigenvalue weighted by Crippen LogP contribution is 2.27. The van der Waals surface area contributed by atoms with Crippen molar-refractivity contribution in [3.05, 3.63) is 77.2 Å². The Hall–Kier alpha value is -4.38. The molecule has 2 aromatic carbocycles. The van der Waals surface area contributed by atoms with E-state index >= 15 is 0 Å². The summed E-state index contributed by atoms with van der Waals surface area (Å²) >= 11 is 1.40. The van der Waals surface area contributed by atoms with E-state index in [9.17, 15) is 9.90 Å². The van der Waals surface area contributed by atoms with Crippen LogP contribution in [0.1, 0.15) is 21.7 Å². The lowest BCUT2D eigenvalue weighted by Crippen LogP contribution is -2.24. The normalized spacial score (nSPS) is 11.0. The number of ether oxygens (including phenoxy) is 2. The van der Waals surface area contributed by atoms with Crippen molar-refractivity contribution >= 4 is 22.2 Å². The number of amides is 1. The van der Waals surface area contributed by atoms with Gasteiger partial charge < -0.3 is 19.9 Å². The molecule has 0 atom stereocenters. The van der Waals surface area contributed by atoms with Gasteiger partial charge in [0.15, 0.2) is 16.5 Å². The first-order chi connectivity index (χ1) is 17.0. The molecule has 3 heterocycles. The quantitative estimate of drug-likeness (QED) is 0.343. The molecule has 2 N–H and O–H groups in total. The molecule has 0 radical (unpaired) electrons. The number of phenolic OH excluding ortho intramolecular Hbond substituents is 1.